The predicted octanol–water partition coefficient (Wildman–Crippen LogP) is 6.16. The molecule has 0 N–H and O–H groups in total. The largest absolute Gasteiger partial charge is 0.496 e. The van der Waals surface area contributed by atoms with E-state index in [4.69, 9.17) is 27.9 Å². The van der Waals surface area contributed by atoms with E-state index in [0.29, 0.717) is 20.8 Å². The SMILES string of the molecule is COc1ccc(C(=O)[C@H]2[C@H]3C(=O)N(c4ccc(Cl)cc4Cl)C(=O)[C@H]3[C@@H]3c4ccccc4C=CN23)cc1Br. The Balaban J connectivity index is 1.49. The summed E-state index contributed by atoms with van der Waals surface area (Å²) in [7, 11) is 1.54. The number of ketones is 1. The van der Waals surface area contributed by atoms with Gasteiger partial charge >= 0.3 is 0 Å². The first-order chi connectivity index (χ1) is 17.8. The van der Waals surface area contributed by atoms with E-state index in [0.717, 1.165) is 16.0 Å². The number of hydrogen-bond donors (Lipinski definition) is 0. The zero-order valence-electron chi connectivity index (χ0n) is 19.4. The molecule has 3 aromatic carbocycles. The van der Waals surface area contributed by atoms with E-state index in [1.165, 1.54) is 6.07 Å². The van der Waals surface area contributed by atoms with Crippen molar-refractivity contribution >= 4 is 68.5 Å². The van der Waals surface area contributed by atoms with Gasteiger partial charge in [0.2, 0.25) is 11.8 Å². The molecule has 2 fully saturated rings. The molecule has 9 heteroatoms. The summed E-state index contributed by atoms with van der Waals surface area (Å²) in [6, 6.07) is 16.1. The lowest BCUT2D eigenvalue weighted by atomic mass is 9.83. The summed E-state index contributed by atoms with van der Waals surface area (Å²) in [5.41, 5.74) is 2.52. The second-order valence-electron chi connectivity index (χ2n) is 9.15. The molecule has 4 atom stereocenters. The monoisotopic (exact) mass is 596 g/mol. The summed E-state index contributed by atoms with van der Waals surface area (Å²) >= 11 is 15.9. The minimum atomic E-state index is -0.895. The van der Waals surface area contributed by atoms with E-state index >= 15 is 0 Å². The molecule has 2 amide bonds. The van der Waals surface area contributed by atoms with Crippen LogP contribution in [0.3, 0.4) is 0 Å². The molecule has 0 spiro atoms. The van der Waals surface area contributed by atoms with Crippen LogP contribution in [0.2, 0.25) is 10.0 Å². The van der Waals surface area contributed by atoms with Crippen LogP contribution >= 0.6 is 39.1 Å². The Hall–Kier alpha value is -3.13. The number of ether oxygens (including phenoxy) is 1. The number of halogens is 3. The molecule has 3 aromatic rings. The minimum absolute atomic E-state index is 0.192. The molecule has 0 bridgehead atoms. The Kier molecular flexibility index (Phi) is 5.90. The highest BCUT2D eigenvalue weighted by Gasteiger charge is 2.64. The third-order valence-electron chi connectivity index (χ3n) is 7.32. The van der Waals surface area contributed by atoms with Crippen LogP contribution < -0.4 is 9.64 Å². The second-order valence-corrected chi connectivity index (χ2v) is 10.9. The maximum atomic E-state index is 14.1. The van der Waals surface area contributed by atoms with E-state index in [1.54, 1.807) is 37.4 Å². The Bertz CT molecular complexity index is 1520. The summed E-state index contributed by atoms with van der Waals surface area (Å²) in [4.78, 5) is 45.0. The first kappa shape index (κ1) is 24.2. The van der Waals surface area contributed by atoms with Gasteiger partial charge in [-0.05, 0) is 69.5 Å². The molecule has 3 heterocycles. The van der Waals surface area contributed by atoms with E-state index in [1.807, 2.05) is 41.4 Å². The number of Topliss-reactive ketones (excluding diaryl/α,β-unsaturated/α-hetero) is 1. The molecular formula is C28H19BrCl2N2O4. The summed E-state index contributed by atoms with van der Waals surface area (Å²) in [6.07, 6.45) is 3.74. The van der Waals surface area contributed by atoms with Gasteiger partial charge in [0, 0.05) is 16.8 Å². The molecular weight excluding hydrogens is 579 g/mol. The van der Waals surface area contributed by atoms with Crippen molar-refractivity contribution in [2.75, 3.05) is 12.0 Å². The Morgan fingerprint density at radius 2 is 1.73 bits per heavy atom. The van der Waals surface area contributed by atoms with Gasteiger partial charge in [-0.25, -0.2) is 4.90 Å². The lowest BCUT2D eigenvalue weighted by Gasteiger charge is -2.35. The minimum Gasteiger partial charge on any atom is -0.496 e. The van der Waals surface area contributed by atoms with Crippen molar-refractivity contribution in [2.24, 2.45) is 11.8 Å². The van der Waals surface area contributed by atoms with Gasteiger partial charge in [-0.3, -0.25) is 14.4 Å². The molecule has 0 radical (unpaired) electrons. The summed E-state index contributed by atoms with van der Waals surface area (Å²) in [6.45, 7) is 0. The first-order valence-electron chi connectivity index (χ1n) is 11.6. The van der Waals surface area contributed by atoms with Crippen molar-refractivity contribution in [1.82, 2.24) is 4.90 Å². The van der Waals surface area contributed by atoms with Crippen LogP contribution in [0.5, 0.6) is 5.75 Å². The number of benzene rings is 3. The van der Waals surface area contributed by atoms with Gasteiger partial charge in [0.15, 0.2) is 5.78 Å². The van der Waals surface area contributed by atoms with Crippen LogP contribution in [-0.4, -0.2) is 35.6 Å². The number of methoxy groups -OCH3 is 1. The highest BCUT2D eigenvalue weighted by Crippen LogP contribution is 2.54. The molecule has 0 aromatic heterocycles. The van der Waals surface area contributed by atoms with Crippen LogP contribution in [0, 0.1) is 11.8 Å². The van der Waals surface area contributed by atoms with Crippen LogP contribution in [0.15, 0.2) is 71.3 Å². The second kappa shape index (κ2) is 9.01. The number of carbonyl (C=O) groups excluding carboxylic acids is 3. The molecule has 186 valence electrons. The molecule has 3 aliphatic heterocycles. The fraction of sp³-hybridized carbons (Fsp3) is 0.179. The molecule has 37 heavy (non-hydrogen) atoms. The zero-order valence-corrected chi connectivity index (χ0v) is 22.5. The average Bonchev–Trinajstić information content (AvgIpc) is 3.36. The highest BCUT2D eigenvalue weighted by atomic mass is 79.9. The van der Waals surface area contributed by atoms with Gasteiger partial charge in [0.25, 0.3) is 0 Å². The number of anilines is 1. The van der Waals surface area contributed by atoms with Crippen LogP contribution in [0.25, 0.3) is 6.08 Å². The van der Waals surface area contributed by atoms with Gasteiger partial charge in [0.1, 0.15) is 11.8 Å². The van der Waals surface area contributed by atoms with Crippen molar-refractivity contribution < 1.29 is 19.1 Å². The standard InChI is InChI=1S/C28H19BrCl2N2O4/c1-37-21-9-6-15(12-18(21)29)26(34)25-23-22(24-17-5-3-2-4-14(17)10-11-32(24)25)27(35)33(28(23)36)20-8-7-16(30)13-19(20)31/h2-13,22-25H,1H3/t22-,23+,24+,25-/m1/s1. The van der Waals surface area contributed by atoms with Gasteiger partial charge in [-0.15, -0.1) is 0 Å². The number of carbonyl (C=O) groups is 3. The molecule has 6 rings (SSSR count). The third-order valence-corrected chi connectivity index (χ3v) is 8.47. The molecule has 6 nitrogen and oxygen atoms in total. The third kappa shape index (κ3) is 3.63. The van der Waals surface area contributed by atoms with Gasteiger partial charge in [0.05, 0.1) is 40.2 Å². The number of fused-ring (bicyclic) bond motifs is 5. The van der Waals surface area contributed by atoms with E-state index in [9.17, 15) is 14.4 Å². The van der Waals surface area contributed by atoms with Crippen LogP contribution in [-0.2, 0) is 9.59 Å². The van der Waals surface area contributed by atoms with E-state index in [-0.39, 0.29) is 22.4 Å². The van der Waals surface area contributed by atoms with Gasteiger partial charge in [-0.2, -0.15) is 0 Å². The van der Waals surface area contributed by atoms with E-state index < -0.39 is 29.8 Å². The van der Waals surface area contributed by atoms with Gasteiger partial charge < -0.3 is 9.64 Å². The van der Waals surface area contributed by atoms with Crippen molar-refractivity contribution in [1.29, 1.82) is 0 Å². The summed E-state index contributed by atoms with van der Waals surface area (Å²) in [5, 5.41) is 0.584. The zero-order chi connectivity index (χ0) is 26.0. The Morgan fingerprint density at radius 3 is 2.46 bits per heavy atom. The van der Waals surface area contributed by atoms with Crippen molar-refractivity contribution in [3.8, 4) is 5.75 Å². The number of imide groups is 1. The summed E-state index contributed by atoms with van der Waals surface area (Å²) < 4.78 is 5.93. The lowest BCUT2D eigenvalue weighted by molar-refractivity contribution is -0.123. The maximum absolute atomic E-state index is 14.1. The molecule has 2 saturated heterocycles. The number of rotatable bonds is 4. The lowest BCUT2D eigenvalue weighted by Crippen LogP contribution is -2.44. The first-order valence-corrected chi connectivity index (χ1v) is 13.1. The maximum Gasteiger partial charge on any atom is 0.240 e. The smallest absolute Gasteiger partial charge is 0.240 e. The Labute approximate surface area is 231 Å². The average molecular weight is 598 g/mol. The molecule has 3 aliphatic rings. The molecule has 0 aliphatic carbocycles. The predicted molar refractivity (Wildman–Crippen MR) is 145 cm³/mol. The van der Waals surface area contributed by atoms with Crippen molar-refractivity contribution in [3.63, 3.8) is 0 Å². The molecule has 0 saturated carbocycles. The fourth-order valence-electron chi connectivity index (χ4n) is 5.75. The van der Waals surface area contributed by atoms with E-state index in [2.05, 4.69) is 15.9 Å². The topological polar surface area (TPSA) is 66.9 Å². The number of amides is 2. The van der Waals surface area contributed by atoms with Crippen LogP contribution in [0.4, 0.5) is 5.69 Å². The number of nitrogens with zero attached hydrogens (tertiary/aromatic N) is 2. The number of hydrogen-bond acceptors (Lipinski definition) is 5. The summed E-state index contributed by atoms with van der Waals surface area (Å²) in [5.74, 6) is -2.17. The quantitative estimate of drug-likeness (QED) is 0.266. The van der Waals surface area contributed by atoms with Crippen molar-refractivity contribution in [3.05, 3.63) is 98.1 Å². The van der Waals surface area contributed by atoms with Gasteiger partial charge in [-0.1, -0.05) is 47.5 Å². The fourth-order valence-corrected chi connectivity index (χ4v) is 6.78. The highest BCUT2D eigenvalue weighted by molar-refractivity contribution is 9.10. The van der Waals surface area contributed by atoms with Crippen molar-refractivity contribution in [2.45, 2.75) is 12.1 Å². The molecule has 0 unspecified atom stereocenters. The normalized spacial score (nSPS) is 23.7. The Morgan fingerprint density at radius 1 is 0.973 bits per heavy atom. The van der Waals surface area contributed by atoms with Crippen LogP contribution in [0.1, 0.15) is 27.5 Å².